The highest BCUT2D eigenvalue weighted by Gasteiger charge is 2.39. The number of hydrogen-bond acceptors (Lipinski definition) is 1. The predicted molar refractivity (Wildman–Crippen MR) is 53.6 cm³/mol. The summed E-state index contributed by atoms with van der Waals surface area (Å²) in [6, 6.07) is 10.5. The zero-order chi connectivity index (χ0) is 9.15. The summed E-state index contributed by atoms with van der Waals surface area (Å²) in [6.07, 6.45) is 5.22. The Bertz CT molecular complexity index is 262. The van der Waals surface area contributed by atoms with Crippen LogP contribution in [0.2, 0.25) is 0 Å². The first-order valence-corrected chi connectivity index (χ1v) is 5.05. The molecule has 0 radical (unpaired) electrons. The molecule has 1 aromatic rings. The van der Waals surface area contributed by atoms with Gasteiger partial charge in [0.2, 0.25) is 0 Å². The Morgan fingerprint density at radius 3 is 2.46 bits per heavy atom. The van der Waals surface area contributed by atoms with Gasteiger partial charge in [0.15, 0.2) is 0 Å². The van der Waals surface area contributed by atoms with E-state index in [1.54, 1.807) is 0 Å². The molecule has 1 N–H and O–H groups in total. The van der Waals surface area contributed by atoms with Crippen molar-refractivity contribution in [3.63, 3.8) is 0 Å². The smallest absolute Gasteiger partial charge is 0.0650 e. The monoisotopic (exact) mass is 176 g/mol. The molecule has 0 aliphatic heterocycles. The standard InChI is InChI=1S/C12H16O/c13-12(9-10-12)8-4-7-11-5-2-1-3-6-11/h1-3,5-6,13H,4,7-10H2. The molecule has 0 atom stereocenters. The van der Waals surface area contributed by atoms with Gasteiger partial charge in [-0.3, -0.25) is 0 Å². The molecular formula is C12H16O. The van der Waals surface area contributed by atoms with Gasteiger partial charge in [-0.2, -0.15) is 0 Å². The Kier molecular flexibility index (Phi) is 2.36. The van der Waals surface area contributed by atoms with Crippen molar-refractivity contribution in [2.24, 2.45) is 0 Å². The van der Waals surface area contributed by atoms with E-state index in [0.717, 1.165) is 32.1 Å². The van der Waals surface area contributed by atoms with Gasteiger partial charge in [-0.1, -0.05) is 30.3 Å². The molecular weight excluding hydrogens is 160 g/mol. The van der Waals surface area contributed by atoms with Crippen LogP contribution in [0.3, 0.4) is 0 Å². The second kappa shape index (κ2) is 3.51. The zero-order valence-electron chi connectivity index (χ0n) is 7.87. The molecule has 1 heteroatoms. The van der Waals surface area contributed by atoms with Crippen molar-refractivity contribution >= 4 is 0 Å². The summed E-state index contributed by atoms with van der Waals surface area (Å²) in [5.41, 5.74) is 1.11. The third-order valence-electron chi connectivity index (χ3n) is 2.78. The van der Waals surface area contributed by atoms with E-state index in [9.17, 15) is 5.11 Å². The highest BCUT2D eigenvalue weighted by molar-refractivity contribution is 5.14. The molecule has 0 unspecified atom stereocenters. The Hall–Kier alpha value is -0.820. The summed E-state index contributed by atoms with van der Waals surface area (Å²) in [6.45, 7) is 0. The molecule has 0 amide bonds. The number of rotatable bonds is 4. The van der Waals surface area contributed by atoms with E-state index in [1.807, 2.05) is 6.07 Å². The minimum absolute atomic E-state index is 0.269. The minimum atomic E-state index is -0.269. The lowest BCUT2D eigenvalue weighted by atomic mass is 10.1. The second-order valence-corrected chi connectivity index (χ2v) is 4.06. The Balaban J connectivity index is 1.74. The van der Waals surface area contributed by atoms with Crippen molar-refractivity contribution in [2.45, 2.75) is 37.7 Å². The first-order valence-electron chi connectivity index (χ1n) is 5.05. The quantitative estimate of drug-likeness (QED) is 0.747. The van der Waals surface area contributed by atoms with Crippen LogP contribution in [-0.2, 0) is 6.42 Å². The van der Waals surface area contributed by atoms with Crippen molar-refractivity contribution in [3.8, 4) is 0 Å². The van der Waals surface area contributed by atoms with E-state index in [1.165, 1.54) is 5.56 Å². The van der Waals surface area contributed by atoms with Gasteiger partial charge in [0.25, 0.3) is 0 Å². The molecule has 2 rings (SSSR count). The summed E-state index contributed by atoms with van der Waals surface area (Å²) in [5, 5.41) is 9.61. The Labute approximate surface area is 79.4 Å². The van der Waals surface area contributed by atoms with Gasteiger partial charge in [0, 0.05) is 0 Å². The number of hydrogen-bond donors (Lipinski definition) is 1. The fraction of sp³-hybridized carbons (Fsp3) is 0.500. The van der Waals surface area contributed by atoms with Crippen LogP contribution in [-0.4, -0.2) is 10.7 Å². The van der Waals surface area contributed by atoms with Crippen LogP contribution < -0.4 is 0 Å². The molecule has 1 aliphatic carbocycles. The first-order chi connectivity index (χ1) is 6.29. The van der Waals surface area contributed by atoms with Crippen LogP contribution in [0.4, 0.5) is 0 Å². The maximum absolute atomic E-state index is 9.61. The minimum Gasteiger partial charge on any atom is -0.390 e. The lowest BCUT2D eigenvalue weighted by molar-refractivity contribution is 0.137. The van der Waals surface area contributed by atoms with Crippen molar-refractivity contribution in [2.75, 3.05) is 0 Å². The molecule has 0 spiro atoms. The maximum Gasteiger partial charge on any atom is 0.0650 e. The predicted octanol–water partition coefficient (Wildman–Crippen LogP) is 2.53. The summed E-state index contributed by atoms with van der Waals surface area (Å²) in [7, 11) is 0. The summed E-state index contributed by atoms with van der Waals surface area (Å²) >= 11 is 0. The van der Waals surface area contributed by atoms with Crippen LogP contribution in [0.15, 0.2) is 30.3 Å². The largest absolute Gasteiger partial charge is 0.390 e. The fourth-order valence-corrected chi connectivity index (χ4v) is 1.66. The topological polar surface area (TPSA) is 20.2 Å². The zero-order valence-corrected chi connectivity index (χ0v) is 7.87. The first kappa shape index (κ1) is 8.76. The molecule has 0 heterocycles. The Morgan fingerprint density at radius 1 is 1.15 bits per heavy atom. The average Bonchev–Trinajstić information content (AvgIpc) is 2.86. The Morgan fingerprint density at radius 2 is 1.85 bits per heavy atom. The van der Waals surface area contributed by atoms with Crippen molar-refractivity contribution in [1.29, 1.82) is 0 Å². The number of benzene rings is 1. The lowest BCUT2D eigenvalue weighted by Gasteiger charge is -2.06. The van der Waals surface area contributed by atoms with Gasteiger partial charge in [-0.15, -0.1) is 0 Å². The van der Waals surface area contributed by atoms with Crippen molar-refractivity contribution < 1.29 is 5.11 Å². The van der Waals surface area contributed by atoms with Crippen LogP contribution in [0.5, 0.6) is 0 Å². The molecule has 0 bridgehead atoms. The third kappa shape index (κ3) is 2.56. The van der Waals surface area contributed by atoms with E-state index >= 15 is 0 Å². The van der Waals surface area contributed by atoms with Crippen molar-refractivity contribution in [1.82, 2.24) is 0 Å². The molecule has 1 aliphatic rings. The van der Waals surface area contributed by atoms with Gasteiger partial charge < -0.3 is 5.11 Å². The van der Waals surface area contributed by atoms with Gasteiger partial charge >= 0.3 is 0 Å². The molecule has 13 heavy (non-hydrogen) atoms. The summed E-state index contributed by atoms with van der Waals surface area (Å²) in [5.74, 6) is 0. The van der Waals surface area contributed by atoms with Crippen LogP contribution in [0, 0.1) is 0 Å². The highest BCUT2D eigenvalue weighted by atomic mass is 16.3. The molecule has 1 aromatic carbocycles. The van der Waals surface area contributed by atoms with Gasteiger partial charge in [0.05, 0.1) is 5.60 Å². The molecule has 0 aromatic heterocycles. The summed E-state index contributed by atoms with van der Waals surface area (Å²) in [4.78, 5) is 0. The second-order valence-electron chi connectivity index (χ2n) is 4.06. The van der Waals surface area contributed by atoms with E-state index in [0.29, 0.717) is 0 Å². The van der Waals surface area contributed by atoms with Gasteiger partial charge in [-0.05, 0) is 37.7 Å². The van der Waals surface area contributed by atoms with Crippen LogP contribution in [0.25, 0.3) is 0 Å². The maximum atomic E-state index is 9.61. The normalized spacial score (nSPS) is 18.5. The number of aryl methyl sites for hydroxylation is 1. The molecule has 1 saturated carbocycles. The van der Waals surface area contributed by atoms with E-state index < -0.39 is 0 Å². The SMILES string of the molecule is OC1(CCCc2ccccc2)CC1. The molecule has 1 nitrogen and oxygen atoms in total. The van der Waals surface area contributed by atoms with Crippen molar-refractivity contribution in [3.05, 3.63) is 35.9 Å². The van der Waals surface area contributed by atoms with Crippen LogP contribution >= 0.6 is 0 Å². The molecule has 1 fully saturated rings. The molecule has 70 valence electrons. The fourth-order valence-electron chi connectivity index (χ4n) is 1.66. The average molecular weight is 176 g/mol. The van der Waals surface area contributed by atoms with Gasteiger partial charge in [0.1, 0.15) is 0 Å². The van der Waals surface area contributed by atoms with E-state index in [2.05, 4.69) is 24.3 Å². The lowest BCUT2D eigenvalue weighted by Crippen LogP contribution is -2.06. The highest BCUT2D eigenvalue weighted by Crippen LogP contribution is 2.39. The number of aliphatic hydroxyl groups is 1. The third-order valence-corrected chi connectivity index (χ3v) is 2.78. The molecule has 0 saturated heterocycles. The van der Waals surface area contributed by atoms with E-state index in [4.69, 9.17) is 0 Å². The van der Waals surface area contributed by atoms with E-state index in [-0.39, 0.29) is 5.60 Å². The van der Waals surface area contributed by atoms with Crippen LogP contribution in [0.1, 0.15) is 31.2 Å². The summed E-state index contributed by atoms with van der Waals surface area (Å²) < 4.78 is 0. The van der Waals surface area contributed by atoms with Gasteiger partial charge in [-0.25, -0.2) is 0 Å².